The Labute approximate surface area is 84.7 Å². The summed E-state index contributed by atoms with van der Waals surface area (Å²) >= 11 is 0. The average Bonchev–Trinajstić information content (AvgIpc) is 2.22. The van der Waals surface area contributed by atoms with E-state index in [4.69, 9.17) is 9.84 Å². The molecule has 0 unspecified atom stereocenters. The third kappa shape index (κ3) is 2.25. The molecular weight excluding hydrogens is 178 g/mol. The molecule has 1 atom stereocenters. The van der Waals surface area contributed by atoms with Crippen molar-refractivity contribution in [1.29, 1.82) is 0 Å². The zero-order chi connectivity index (χ0) is 10.6. The Morgan fingerprint density at radius 1 is 1.50 bits per heavy atom. The molecule has 1 rings (SSSR count). The number of aliphatic hydroxyl groups excluding tert-OH is 1. The molecule has 0 fully saturated rings. The molecular formula is C11H17NO2. The topological polar surface area (TPSA) is 41.5 Å². The molecule has 0 bridgehead atoms. The summed E-state index contributed by atoms with van der Waals surface area (Å²) in [5, 5.41) is 12.2. The molecule has 0 aliphatic carbocycles. The summed E-state index contributed by atoms with van der Waals surface area (Å²) in [5.74, 6) is 0.846. The lowest BCUT2D eigenvalue weighted by molar-refractivity contribution is 0.250. The number of likely N-dealkylation sites (N-methyl/N-ethyl adjacent to an activating group) is 1. The van der Waals surface area contributed by atoms with Gasteiger partial charge in [0.05, 0.1) is 19.8 Å². The second-order valence-corrected chi connectivity index (χ2v) is 3.25. The van der Waals surface area contributed by atoms with E-state index in [9.17, 15) is 0 Å². The number of aliphatic hydroxyl groups is 1. The summed E-state index contributed by atoms with van der Waals surface area (Å²) in [7, 11) is 3.49. The predicted octanol–water partition coefficient (Wildman–Crippen LogP) is 1.26. The van der Waals surface area contributed by atoms with Crippen molar-refractivity contribution < 1.29 is 9.84 Å². The van der Waals surface area contributed by atoms with Gasteiger partial charge in [-0.2, -0.15) is 0 Å². The Bertz CT molecular complexity index is 295. The second kappa shape index (κ2) is 4.98. The molecule has 0 radical (unpaired) electrons. The van der Waals surface area contributed by atoms with Crippen LogP contribution in [0.1, 0.15) is 17.2 Å². The second-order valence-electron chi connectivity index (χ2n) is 3.25. The summed E-state index contributed by atoms with van der Waals surface area (Å²) in [6.07, 6.45) is 0. The molecule has 2 N–H and O–H groups in total. The summed E-state index contributed by atoms with van der Waals surface area (Å²) in [4.78, 5) is 0. The van der Waals surface area contributed by atoms with E-state index in [-0.39, 0.29) is 12.6 Å². The third-order valence-electron chi connectivity index (χ3n) is 2.38. The highest BCUT2D eigenvalue weighted by molar-refractivity contribution is 5.36. The normalized spacial score (nSPS) is 12.6. The number of rotatable bonds is 4. The number of nitrogens with one attached hydrogen (secondary N) is 1. The molecule has 0 aromatic heterocycles. The van der Waals surface area contributed by atoms with Crippen molar-refractivity contribution in [1.82, 2.24) is 5.32 Å². The average molecular weight is 195 g/mol. The van der Waals surface area contributed by atoms with Crippen molar-refractivity contribution in [2.24, 2.45) is 0 Å². The van der Waals surface area contributed by atoms with Gasteiger partial charge in [-0.25, -0.2) is 0 Å². The molecule has 0 spiro atoms. The molecule has 3 heteroatoms. The van der Waals surface area contributed by atoms with Crippen molar-refractivity contribution >= 4 is 0 Å². The van der Waals surface area contributed by atoms with Crippen LogP contribution in [0.3, 0.4) is 0 Å². The molecule has 1 aromatic carbocycles. The van der Waals surface area contributed by atoms with Crippen LogP contribution in [0.2, 0.25) is 0 Å². The van der Waals surface area contributed by atoms with Crippen molar-refractivity contribution in [3.05, 3.63) is 29.3 Å². The van der Waals surface area contributed by atoms with E-state index in [1.165, 1.54) is 0 Å². The molecule has 0 heterocycles. The van der Waals surface area contributed by atoms with Gasteiger partial charge in [-0.15, -0.1) is 0 Å². The first-order valence-corrected chi connectivity index (χ1v) is 4.65. The van der Waals surface area contributed by atoms with Gasteiger partial charge in [-0.3, -0.25) is 0 Å². The highest BCUT2D eigenvalue weighted by Crippen LogP contribution is 2.21. The molecule has 0 aliphatic heterocycles. The lowest BCUT2D eigenvalue weighted by atomic mass is 10.0. The van der Waals surface area contributed by atoms with Crippen LogP contribution in [0.4, 0.5) is 0 Å². The van der Waals surface area contributed by atoms with E-state index in [0.29, 0.717) is 0 Å². The van der Waals surface area contributed by atoms with Gasteiger partial charge >= 0.3 is 0 Å². The van der Waals surface area contributed by atoms with Crippen LogP contribution in [0.25, 0.3) is 0 Å². The Kier molecular flexibility index (Phi) is 3.92. The zero-order valence-electron chi connectivity index (χ0n) is 8.87. The molecule has 0 saturated heterocycles. The lowest BCUT2D eigenvalue weighted by Gasteiger charge is -2.16. The van der Waals surface area contributed by atoms with Crippen LogP contribution in [0, 0.1) is 6.92 Å². The first-order chi connectivity index (χ1) is 6.72. The van der Waals surface area contributed by atoms with Gasteiger partial charge in [0.2, 0.25) is 0 Å². The number of methoxy groups -OCH3 is 1. The Morgan fingerprint density at radius 2 is 2.21 bits per heavy atom. The number of ether oxygens (including phenoxy) is 1. The van der Waals surface area contributed by atoms with Crippen LogP contribution >= 0.6 is 0 Å². The van der Waals surface area contributed by atoms with Gasteiger partial charge in [-0.05, 0) is 37.2 Å². The smallest absolute Gasteiger partial charge is 0.119 e. The molecule has 78 valence electrons. The molecule has 3 nitrogen and oxygen atoms in total. The monoisotopic (exact) mass is 195 g/mol. The largest absolute Gasteiger partial charge is 0.497 e. The Hall–Kier alpha value is -1.06. The highest BCUT2D eigenvalue weighted by atomic mass is 16.5. The zero-order valence-corrected chi connectivity index (χ0v) is 8.87. The summed E-state index contributed by atoms with van der Waals surface area (Å²) in [6, 6.07) is 5.85. The Balaban J connectivity index is 2.98. The molecule has 1 aromatic rings. The van der Waals surface area contributed by atoms with Crippen LogP contribution in [-0.4, -0.2) is 25.9 Å². The van der Waals surface area contributed by atoms with E-state index in [0.717, 1.165) is 16.9 Å². The minimum absolute atomic E-state index is 0.000839. The van der Waals surface area contributed by atoms with Crippen molar-refractivity contribution in [2.45, 2.75) is 13.0 Å². The summed E-state index contributed by atoms with van der Waals surface area (Å²) < 4.78 is 5.11. The molecule has 0 amide bonds. The fourth-order valence-corrected chi connectivity index (χ4v) is 1.51. The highest BCUT2D eigenvalue weighted by Gasteiger charge is 2.10. The SMILES string of the molecule is CN[C@@H](CO)c1ccc(OC)cc1C. The molecule has 14 heavy (non-hydrogen) atoms. The van der Waals surface area contributed by atoms with Gasteiger partial charge in [0.15, 0.2) is 0 Å². The van der Waals surface area contributed by atoms with Crippen molar-refractivity contribution in [3.63, 3.8) is 0 Å². The third-order valence-corrected chi connectivity index (χ3v) is 2.38. The Morgan fingerprint density at radius 3 is 2.64 bits per heavy atom. The maximum Gasteiger partial charge on any atom is 0.119 e. The van der Waals surface area contributed by atoms with Crippen LogP contribution < -0.4 is 10.1 Å². The van der Waals surface area contributed by atoms with E-state index >= 15 is 0 Å². The van der Waals surface area contributed by atoms with Gasteiger partial charge in [0.1, 0.15) is 5.75 Å². The fourth-order valence-electron chi connectivity index (χ4n) is 1.51. The number of benzene rings is 1. The number of hydrogen-bond donors (Lipinski definition) is 2. The number of aryl methyl sites for hydroxylation is 1. The van der Waals surface area contributed by atoms with E-state index in [2.05, 4.69) is 5.32 Å². The first-order valence-electron chi connectivity index (χ1n) is 4.65. The van der Waals surface area contributed by atoms with Gasteiger partial charge in [-0.1, -0.05) is 6.07 Å². The predicted molar refractivity (Wildman–Crippen MR) is 56.6 cm³/mol. The number of hydrogen-bond acceptors (Lipinski definition) is 3. The van der Waals surface area contributed by atoms with E-state index in [1.54, 1.807) is 7.11 Å². The minimum atomic E-state index is 0.000839. The molecule has 0 saturated carbocycles. The quantitative estimate of drug-likeness (QED) is 0.760. The summed E-state index contributed by atoms with van der Waals surface area (Å²) in [5.41, 5.74) is 2.23. The van der Waals surface area contributed by atoms with Crippen LogP contribution in [0.15, 0.2) is 18.2 Å². The maximum absolute atomic E-state index is 9.14. The van der Waals surface area contributed by atoms with Crippen LogP contribution in [0.5, 0.6) is 5.75 Å². The maximum atomic E-state index is 9.14. The first kappa shape index (κ1) is 11.0. The van der Waals surface area contributed by atoms with E-state index < -0.39 is 0 Å². The fraction of sp³-hybridized carbons (Fsp3) is 0.455. The van der Waals surface area contributed by atoms with Gasteiger partial charge in [0.25, 0.3) is 0 Å². The minimum Gasteiger partial charge on any atom is -0.497 e. The van der Waals surface area contributed by atoms with E-state index in [1.807, 2.05) is 32.2 Å². The summed E-state index contributed by atoms with van der Waals surface area (Å²) in [6.45, 7) is 2.11. The molecule has 0 aliphatic rings. The van der Waals surface area contributed by atoms with Gasteiger partial charge in [0, 0.05) is 0 Å². The van der Waals surface area contributed by atoms with Crippen molar-refractivity contribution in [3.8, 4) is 5.75 Å². The van der Waals surface area contributed by atoms with Crippen molar-refractivity contribution in [2.75, 3.05) is 20.8 Å². The van der Waals surface area contributed by atoms with Gasteiger partial charge < -0.3 is 15.2 Å². The lowest BCUT2D eigenvalue weighted by Crippen LogP contribution is -2.20. The standard InChI is InChI=1S/C11H17NO2/c1-8-6-9(14-3)4-5-10(8)11(7-13)12-2/h4-6,11-13H,7H2,1-3H3/t11-/m0/s1. The van der Waals surface area contributed by atoms with Crippen LogP contribution in [-0.2, 0) is 0 Å².